The summed E-state index contributed by atoms with van der Waals surface area (Å²) in [5, 5.41) is 23.6. The van der Waals surface area contributed by atoms with E-state index in [-0.39, 0.29) is 5.69 Å². The van der Waals surface area contributed by atoms with Gasteiger partial charge in [-0.3, -0.25) is 5.10 Å². The zero-order valence-electron chi connectivity index (χ0n) is 15.3. The van der Waals surface area contributed by atoms with Crippen molar-refractivity contribution in [3.05, 3.63) is 53.7 Å². The molecule has 0 saturated heterocycles. The quantitative estimate of drug-likeness (QED) is 0.468. The van der Waals surface area contributed by atoms with Crippen molar-refractivity contribution in [2.75, 3.05) is 24.3 Å². The summed E-state index contributed by atoms with van der Waals surface area (Å²) in [6.45, 7) is 0.550. The average molecular weight is 378 g/mol. The highest BCUT2D eigenvalue weighted by Gasteiger charge is 2.13. The van der Waals surface area contributed by atoms with Crippen LogP contribution in [0.4, 0.5) is 11.6 Å². The Kier molecular flexibility index (Phi) is 4.40. The lowest BCUT2D eigenvalue weighted by atomic mass is 10.1. The minimum Gasteiger partial charge on any atom is -0.476 e. The summed E-state index contributed by atoms with van der Waals surface area (Å²) < 4.78 is 5.32. The molecular formula is C19H18N6O3. The Morgan fingerprint density at radius 1 is 1.25 bits per heavy atom. The molecule has 0 bridgehead atoms. The predicted molar refractivity (Wildman–Crippen MR) is 104 cm³/mol. The van der Waals surface area contributed by atoms with Crippen molar-refractivity contribution < 1.29 is 14.4 Å². The van der Waals surface area contributed by atoms with Crippen LogP contribution in [-0.2, 0) is 6.54 Å². The van der Waals surface area contributed by atoms with Gasteiger partial charge in [0.1, 0.15) is 0 Å². The highest BCUT2D eigenvalue weighted by atomic mass is 16.5. The molecule has 0 spiro atoms. The molecule has 0 unspecified atom stereocenters. The van der Waals surface area contributed by atoms with E-state index in [9.17, 15) is 9.90 Å². The number of carboxylic acid groups (broad SMARTS) is 1. The van der Waals surface area contributed by atoms with E-state index in [1.54, 1.807) is 17.0 Å². The first kappa shape index (κ1) is 17.5. The van der Waals surface area contributed by atoms with E-state index in [1.165, 1.54) is 0 Å². The predicted octanol–water partition coefficient (Wildman–Crippen LogP) is 2.99. The highest BCUT2D eigenvalue weighted by molar-refractivity contribution is 6.01. The lowest BCUT2D eigenvalue weighted by molar-refractivity contribution is 0.0692. The topological polar surface area (TPSA) is 120 Å². The molecule has 4 rings (SSSR count). The van der Waals surface area contributed by atoms with Crippen LogP contribution in [0.1, 0.15) is 16.1 Å². The third kappa shape index (κ3) is 3.37. The van der Waals surface area contributed by atoms with Crippen molar-refractivity contribution >= 4 is 28.5 Å². The van der Waals surface area contributed by atoms with Gasteiger partial charge in [-0.15, -0.1) is 0 Å². The fourth-order valence-electron chi connectivity index (χ4n) is 2.82. The molecule has 9 nitrogen and oxygen atoms in total. The smallest absolute Gasteiger partial charge is 0.357 e. The molecule has 0 aliphatic rings. The van der Waals surface area contributed by atoms with Crippen LogP contribution in [0.5, 0.6) is 0 Å². The van der Waals surface area contributed by atoms with Crippen LogP contribution in [0.3, 0.4) is 0 Å². The monoisotopic (exact) mass is 378 g/mol. The molecule has 3 N–H and O–H groups in total. The van der Waals surface area contributed by atoms with Crippen LogP contribution >= 0.6 is 0 Å². The van der Waals surface area contributed by atoms with Crippen LogP contribution in [0.15, 0.2) is 47.0 Å². The molecule has 2 heterocycles. The van der Waals surface area contributed by atoms with E-state index >= 15 is 0 Å². The number of benzene rings is 2. The first-order valence-electron chi connectivity index (χ1n) is 8.57. The Morgan fingerprint density at radius 2 is 2.11 bits per heavy atom. The van der Waals surface area contributed by atoms with Crippen molar-refractivity contribution in [1.82, 2.24) is 20.3 Å². The molecule has 0 fully saturated rings. The number of aromatic amines is 1. The third-order valence-electron chi connectivity index (χ3n) is 4.25. The second kappa shape index (κ2) is 7.03. The minimum atomic E-state index is -1.06. The lowest BCUT2D eigenvalue weighted by Gasteiger charge is -2.08. The molecule has 2 aromatic heterocycles. The van der Waals surface area contributed by atoms with E-state index in [0.717, 1.165) is 16.8 Å². The number of aromatic nitrogens is 4. The second-order valence-electron chi connectivity index (χ2n) is 6.49. The summed E-state index contributed by atoms with van der Waals surface area (Å²) in [4.78, 5) is 17.4. The second-order valence-corrected chi connectivity index (χ2v) is 6.49. The van der Waals surface area contributed by atoms with Gasteiger partial charge in [0.05, 0.1) is 5.52 Å². The number of fused-ring (bicyclic) bond motifs is 1. The molecule has 142 valence electrons. The first-order chi connectivity index (χ1) is 13.5. The number of aromatic carboxylic acids is 1. The number of hydrogen-bond acceptors (Lipinski definition) is 7. The van der Waals surface area contributed by atoms with Crippen LogP contribution < -0.4 is 10.2 Å². The van der Waals surface area contributed by atoms with Gasteiger partial charge < -0.3 is 19.8 Å². The van der Waals surface area contributed by atoms with Crippen LogP contribution in [0.25, 0.3) is 22.4 Å². The fraction of sp³-hybridized carbons (Fsp3) is 0.158. The molecule has 0 atom stereocenters. The molecule has 0 amide bonds. The summed E-state index contributed by atoms with van der Waals surface area (Å²) >= 11 is 0. The standard InChI is InChI=1S/C19H18N6O3/c1-25(2)19-21-17(28-24-19)12-5-3-4-11(8-12)10-20-13-6-7-15-14(9-13)16(18(26)27)23-22-15/h3-9,20H,10H2,1-2H3,(H,22,23)(H,26,27). The fourth-order valence-corrected chi connectivity index (χ4v) is 2.82. The Balaban J connectivity index is 1.53. The molecule has 0 radical (unpaired) electrons. The zero-order chi connectivity index (χ0) is 19.7. The summed E-state index contributed by atoms with van der Waals surface area (Å²) in [5.41, 5.74) is 3.34. The van der Waals surface area contributed by atoms with Gasteiger partial charge in [0.2, 0.25) is 0 Å². The van der Waals surface area contributed by atoms with E-state index in [2.05, 4.69) is 25.7 Å². The molecule has 0 aliphatic carbocycles. The number of rotatable bonds is 6. The Morgan fingerprint density at radius 3 is 2.86 bits per heavy atom. The maximum absolute atomic E-state index is 11.3. The lowest BCUT2D eigenvalue weighted by Crippen LogP contribution is -2.10. The summed E-state index contributed by atoms with van der Waals surface area (Å²) in [6, 6.07) is 13.2. The first-order valence-corrected chi connectivity index (χ1v) is 8.57. The summed E-state index contributed by atoms with van der Waals surface area (Å²) in [5.74, 6) is -0.0922. The van der Waals surface area contributed by atoms with Gasteiger partial charge in [-0.1, -0.05) is 12.1 Å². The largest absolute Gasteiger partial charge is 0.476 e. The maximum atomic E-state index is 11.3. The number of anilines is 2. The van der Waals surface area contributed by atoms with Crippen LogP contribution in [0.2, 0.25) is 0 Å². The van der Waals surface area contributed by atoms with E-state index in [1.807, 2.05) is 44.4 Å². The van der Waals surface area contributed by atoms with Gasteiger partial charge in [0.15, 0.2) is 5.69 Å². The zero-order valence-corrected chi connectivity index (χ0v) is 15.3. The van der Waals surface area contributed by atoms with Gasteiger partial charge in [0, 0.05) is 37.3 Å². The van der Waals surface area contributed by atoms with Gasteiger partial charge in [-0.05, 0) is 41.1 Å². The van der Waals surface area contributed by atoms with Gasteiger partial charge in [0.25, 0.3) is 11.8 Å². The Bertz CT molecular complexity index is 1150. The van der Waals surface area contributed by atoms with Gasteiger partial charge in [-0.25, -0.2) is 4.79 Å². The van der Waals surface area contributed by atoms with Crippen LogP contribution in [0, 0.1) is 0 Å². The molecule has 0 aliphatic heterocycles. The molecule has 0 saturated carbocycles. The van der Waals surface area contributed by atoms with Gasteiger partial charge in [-0.2, -0.15) is 10.1 Å². The van der Waals surface area contributed by atoms with Crippen molar-refractivity contribution in [2.45, 2.75) is 6.54 Å². The number of nitrogens with zero attached hydrogens (tertiary/aromatic N) is 4. The molecule has 2 aromatic carbocycles. The molecule has 9 heteroatoms. The minimum absolute atomic E-state index is 0.00809. The normalized spacial score (nSPS) is 10.9. The van der Waals surface area contributed by atoms with Crippen molar-refractivity contribution in [3.63, 3.8) is 0 Å². The average Bonchev–Trinajstić information content (AvgIpc) is 3.33. The third-order valence-corrected chi connectivity index (χ3v) is 4.25. The molecule has 4 aromatic rings. The molecule has 28 heavy (non-hydrogen) atoms. The van der Waals surface area contributed by atoms with E-state index in [4.69, 9.17) is 4.52 Å². The summed E-state index contributed by atoms with van der Waals surface area (Å²) in [7, 11) is 3.70. The van der Waals surface area contributed by atoms with Crippen molar-refractivity contribution in [2.24, 2.45) is 0 Å². The van der Waals surface area contributed by atoms with E-state index in [0.29, 0.717) is 29.3 Å². The number of nitrogens with one attached hydrogen (secondary N) is 2. The maximum Gasteiger partial charge on any atom is 0.357 e. The van der Waals surface area contributed by atoms with Crippen LogP contribution in [-0.4, -0.2) is 45.5 Å². The van der Waals surface area contributed by atoms with Gasteiger partial charge >= 0.3 is 5.97 Å². The summed E-state index contributed by atoms with van der Waals surface area (Å²) in [6.07, 6.45) is 0. The highest BCUT2D eigenvalue weighted by Crippen LogP contribution is 2.23. The number of carboxylic acids is 1. The Labute approximate surface area is 160 Å². The van der Waals surface area contributed by atoms with Crippen molar-refractivity contribution in [1.29, 1.82) is 0 Å². The van der Waals surface area contributed by atoms with Crippen molar-refractivity contribution in [3.8, 4) is 11.5 Å². The SMILES string of the molecule is CN(C)c1noc(-c2cccc(CNc3ccc4[nH]nc(C(=O)O)c4c3)c2)n1. The molecular weight excluding hydrogens is 360 g/mol. The number of H-pyrrole nitrogens is 1. The number of hydrogen-bond donors (Lipinski definition) is 3. The number of carbonyl (C=O) groups is 1. The Hall–Kier alpha value is -3.88. The van der Waals surface area contributed by atoms with E-state index < -0.39 is 5.97 Å².